The van der Waals surface area contributed by atoms with Crippen molar-refractivity contribution in [3.8, 4) is 0 Å². The lowest BCUT2D eigenvalue weighted by Gasteiger charge is -2.21. The molecule has 0 aliphatic rings. The topological polar surface area (TPSA) is 237 Å². The molecule has 0 aromatic rings. The summed E-state index contributed by atoms with van der Waals surface area (Å²) >= 11 is 0. The Bertz CT molecular complexity index is 1820. The molecule has 6 atom stereocenters. The molecule has 0 aromatic carbocycles. The van der Waals surface area contributed by atoms with Crippen LogP contribution in [0.25, 0.3) is 0 Å². The van der Waals surface area contributed by atoms with Gasteiger partial charge in [0.1, 0.15) is 19.3 Å². The molecule has 0 aromatic heterocycles. The number of phosphoric ester groups is 2. The number of rotatable bonds is 74. The van der Waals surface area contributed by atoms with Gasteiger partial charge in [-0.2, -0.15) is 0 Å². The van der Waals surface area contributed by atoms with Gasteiger partial charge in [0.2, 0.25) is 0 Å². The molecule has 0 bridgehead atoms. The Kier molecular flexibility index (Phi) is 65.5. The molecule has 0 spiro atoms. The standard InChI is InChI=1S/C75H146O17P2/c1-7-10-12-14-16-18-20-22-24-25-26-27-28-29-31-33-35-39-47-53-59-74(79)91-70(63-85-72(77)57-51-45-38-34-32-30-23-21-19-17-15-13-11-8-2)65-89-93(81,82)87-61-69(76)62-88-94(83,84)90-66-71(92-75(80)60-54-48-40-36-37-43-49-55-67(4)5)64-86-73(78)58-52-46-42-41-44-50-56-68(6)9-3/h67-71,76H,7-66H2,1-6H3,(H,81,82)(H,83,84)/t68?,69-,70-,71-/m1/s1. The molecular formula is C75H146O17P2. The predicted octanol–water partition coefficient (Wildman–Crippen LogP) is 21.9. The molecule has 94 heavy (non-hydrogen) atoms. The van der Waals surface area contributed by atoms with Gasteiger partial charge in [0.25, 0.3) is 0 Å². The molecular weight excluding hydrogens is 1230 g/mol. The zero-order valence-corrected chi connectivity index (χ0v) is 63.1. The van der Waals surface area contributed by atoms with Crippen molar-refractivity contribution in [2.75, 3.05) is 39.6 Å². The van der Waals surface area contributed by atoms with E-state index in [2.05, 4.69) is 41.5 Å². The van der Waals surface area contributed by atoms with E-state index in [-0.39, 0.29) is 25.7 Å². The van der Waals surface area contributed by atoms with Gasteiger partial charge in [0.15, 0.2) is 12.2 Å². The average Bonchev–Trinajstić information content (AvgIpc) is 1.44. The highest BCUT2D eigenvalue weighted by atomic mass is 31.2. The number of esters is 4. The molecule has 17 nitrogen and oxygen atoms in total. The van der Waals surface area contributed by atoms with Gasteiger partial charge in [-0.3, -0.25) is 37.3 Å². The third kappa shape index (κ3) is 67.3. The van der Waals surface area contributed by atoms with Gasteiger partial charge in [-0.15, -0.1) is 0 Å². The van der Waals surface area contributed by atoms with E-state index in [9.17, 15) is 43.2 Å². The summed E-state index contributed by atoms with van der Waals surface area (Å²) in [4.78, 5) is 72.7. The van der Waals surface area contributed by atoms with Crippen LogP contribution in [0.2, 0.25) is 0 Å². The Hall–Kier alpha value is -1.94. The SMILES string of the molecule is CCCCCCCCCCCCCCCCCCCCCCC(=O)O[C@H](COC(=O)CCCCCCCCCCCCCCCC)COP(=O)(O)OC[C@@H](O)COP(=O)(O)OC[C@@H](COC(=O)CCCCCCCCC(C)CC)OC(=O)CCCCCCCCCC(C)C. The summed E-state index contributed by atoms with van der Waals surface area (Å²) in [6, 6.07) is 0. The summed E-state index contributed by atoms with van der Waals surface area (Å²) in [5.41, 5.74) is 0. The first-order valence-corrected chi connectivity index (χ1v) is 42.0. The number of unbranched alkanes of at least 4 members (excludes halogenated alkanes) is 43. The van der Waals surface area contributed by atoms with E-state index in [1.807, 2.05) is 0 Å². The Labute approximate surface area is 575 Å². The average molecular weight is 1380 g/mol. The zero-order chi connectivity index (χ0) is 69.3. The first-order chi connectivity index (χ1) is 45.4. The Morgan fingerprint density at radius 3 is 0.809 bits per heavy atom. The van der Waals surface area contributed by atoms with Gasteiger partial charge in [0.05, 0.1) is 26.4 Å². The third-order valence-electron chi connectivity index (χ3n) is 17.8. The summed E-state index contributed by atoms with van der Waals surface area (Å²) in [5.74, 6) is -0.694. The number of phosphoric acid groups is 2. The molecule has 0 saturated carbocycles. The number of carbonyl (C=O) groups excluding carboxylic acids is 4. The molecule has 19 heteroatoms. The number of carbonyl (C=O) groups is 4. The molecule has 3 N–H and O–H groups in total. The van der Waals surface area contributed by atoms with E-state index in [4.69, 9.17) is 37.0 Å². The summed E-state index contributed by atoms with van der Waals surface area (Å²) in [5, 5.41) is 10.6. The maximum atomic E-state index is 13.1. The fraction of sp³-hybridized carbons (Fsp3) is 0.947. The quantitative estimate of drug-likeness (QED) is 0.0222. The lowest BCUT2D eigenvalue weighted by Crippen LogP contribution is -2.30. The third-order valence-corrected chi connectivity index (χ3v) is 19.7. The van der Waals surface area contributed by atoms with E-state index in [1.54, 1.807) is 0 Å². The monoisotopic (exact) mass is 1380 g/mol. The minimum atomic E-state index is -4.96. The van der Waals surface area contributed by atoms with Crippen molar-refractivity contribution in [3.63, 3.8) is 0 Å². The van der Waals surface area contributed by atoms with Crippen molar-refractivity contribution >= 4 is 39.5 Å². The highest BCUT2D eigenvalue weighted by Gasteiger charge is 2.30. The second-order valence-corrected chi connectivity index (χ2v) is 30.7. The molecule has 0 amide bonds. The first kappa shape index (κ1) is 92.1. The van der Waals surface area contributed by atoms with Crippen molar-refractivity contribution in [3.05, 3.63) is 0 Å². The number of aliphatic hydroxyl groups excluding tert-OH is 1. The molecule has 0 aliphatic carbocycles. The summed E-state index contributed by atoms with van der Waals surface area (Å²) < 4.78 is 68.4. The fourth-order valence-electron chi connectivity index (χ4n) is 11.4. The Balaban J connectivity index is 5.20. The summed E-state index contributed by atoms with van der Waals surface area (Å²) in [6.45, 7) is 9.48. The van der Waals surface area contributed by atoms with Crippen LogP contribution >= 0.6 is 15.6 Å². The van der Waals surface area contributed by atoms with Crippen molar-refractivity contribution in [2.45, 2.75) is 407 Å². The molecule has 0 aliphatic heterocycles. The van der Waals surface area contributed by atoms with E-state index >= 15 is 0 Å². The first-order valence-electron chi connectivity index (χ1n) is 39.0. The van der Waals surface area contributed by atoms with Crippen LogP contribution in [0.15, 0.2) is 0 Å². The van der Waals surface area contributed by atoms with Crippen molar-refractivity contribution in [1.82, 2.24) is 0 Å². The van der Waals surface area contributed by atoms with Crippen molar-refractivity contribution in [1.29, 1.82) is 0 Å². The van der Waals surface area contributed by atoms with Gasteiger partial charge < -0.3 is 33.8 Å². The molecule has 0 radical (unpaired) electrons. The molecule has 3 unspecified atom stereocenters. The van der Waals surface area contributed by atoms with Crippen LogP contribution in [0.5, 0.6) is 0 Å². The smallest absolute Gasteiger partial charge is 0.462 e. The molecule has 0 saturated heterocycles. The van der Waals surface area contributed by atoms with Gasteiger partial charge in [0, 0.05) is 25.7 Å². The zero-order valence-electron chi connectivity index (χ0n) is 61.3. The molecule has 0 rings (SSSR count). The van der Waals surface area contributed by atoms with Crippen LogP contribution in [0.4, 0.5) is 0 Å². The number of ether oxygens (including phenoxy) is 4. The Morgan fingerprint density at radius 1 is 0.309 bits per heavy atom. The number of hydrogen-bond acceptors (Lipinski definition) is 15. The fourth-order valence-corrected chi connectivity index (χ4v) is 13.0. The van der Waals surface area contributed by atoms with Gasteiger partial charge in [-0.25, -0.2) is 9.13 Å². The van der Waals surface area contributed by atoms with E-state index in [0.717, 1.165) is 102 Å². The van der Waals surface area contributed by atoms with Crippen LogP contribution in [-0.2, 0) is 65.4 Å². The minimum absolute atomic E-state index is 0.103. The van der Waals surface area contributed by atoms with E-state index in [1.165, 1.54) is 199 Å². The molecule has 558 valence electrons. The lowest BCUT2D eigenvalue weighted by molar-refractivity contribution is -0.161. The second kappa shape index (κ2) is 66.9. The van der Waals surface area contributed by atoms with Crippen LogP contribution in [0.3, 0.4) is 0 Å². The number of aliphatic hydroxyl groups is 1. The largest absolute Gasteiger partial charge is 0.472 e. The molecule has 0 heterocycles. The summed E-state index contributed by atoms with van der Waals surface area (Å²) in [7, 11) is -9.91. The summed E-state index contributed by atoms with van der Waals surface area (Å²) in [6.07, 6.45) is 54.3. The van der Waals surface area contributed by atoms with Gasteiger partial charge >= 0.3 is 39.5 Å². The van der Waals surface area contributed by atoms with Gasteiger partial charge in [-0.1, -0.05) is 337 Å². The predicted molar refractivity (Wildman–Crippen MR) is 381 cm³/mol. The maximum Gasteiger partial charge on any atom is 0.472 e. The maximum absolute atomic E-state index is 13.1. The molecule has 0 fully saturated rings. The normalized spacial score (nSPS) is 14.3. The van der Waals surface area contributed by atoms with Crippen LogP contribution in [-0.4, -0.2) is 96.7 Å². The van der Waals surface area contributed by atoms with E-state index < -0.39 is 97.5 Å². The number of hydrogen-bond donors (Lipinski definition) is 3. The minimum Gasteiger partial charge on any atom is -0.462 e. The van der Waals surface area contributed by atoms with Crippen molar-refractivity contribution < 1.29 is 80.2 Å². The lowest BCUT2D eigenvalue weighted by atomic mass is 10.00. The Morgan fingerprint density at radius 2 is 0.543 bits per heavy atom. The second-order valence-electron chi connectivity index (χ2n) is 27.8. The highest BCUT2D eigenvalue weighted by Crippen LogP contribution is 2.45. The van der Waals surface area contributed by atoms with Crippen molar-refractivity contribution in [2.24, 2.45) is 11.8 Å². The highest BCUT2D eigenvalue weighted by molar-refractivity contribution is 7.47. The van der Waals surface area contributed by atoms with Gasteiger partial charge in [-0.05, 0) is 37.5 Å². The van der Waals surface area contributed by atoms with E-state index in [0.29, 0.717) is 31.6 Å². The van der Waals surface area contributed by atoms with Crippen LogP contribution in [0.1, 0.15) is 388 Å². The van der Waals surface area contributed by atoms with Crippen LogP contribution < -0.4 is 0 Å². The van der Waals surface area contributed by atoms with Crippen LogP contribution in [0, 0.1) is 11.8 Å².